The zero-order valence-corrected chi connectivity index (χ0v) is 8.76. The maximum Gasteiger partial charge on any atom is 0.412 e. The SMILES string of the molecule is CCOC(=O)Nc1cc(Cl)nc(Cl)n1. The summed E-state index contributed by atoms with van der Waals surface area (Å²) in [6.45, 7) is 1.97. The molecule has 1 N–H and O–H groups in total. The van der Waals surface area contributed by atoms with Crippen LogP contribution in [0, 0.1) is 0 Å². The minimum atomic E-state index is -0.613. The van der Waals surface area contributed by atoms with Crippen molar-refractivity contribution in [1.29, 1.82) is 0 Å². The lowest BCUT2D eigenvalue weighted by Crippen LogP contribution is -2.14. The second-order valence-electron chi connectivity index (χ2n) is 2.19. The number of amides is 1. The lowest BCUT2D eigenvalue weighted by molar-refractivity contribution is 0.168. The summed E-state index contributed by atoms with van der Waals surface area (Å²) < 4.78 is 4.63. The fraction of sp³-hybridized carbons (Fsp3) is 0.286. The third-order valence-corrected chi connectivity index (χ3v) is 1.54. The molecule has 0 atom stereocenters. The van der Waals surface area contributed by atoms with Crippen molar-refractivity contribution in [3.8, 4) is 0 Å². The minimum Gasteiger partial charge on any atom is -0.450 e. The molecule has 76 valence electrons. The molecule has 0 fully saturated rings. The van der Waals surface area contributed by atoms with Crippen molar-refractivity contribution in [3.05, 3.63) is 16.5 Å². The average molecular weight is 236 g/mol. The smallest absolute Gasteiger partial charge is 0.412 e. The number of carbonyl (C=O) groups excluding carboxylic acids is 1. The van der Waals surface area contributed by atoms with Gasteiger partial charge in [0.15, 0.2) is 0 Å². The van der Waals surface area contributed by atoms with Gasteiger partial charge in [-0.3, -0.25) is 5.32 Å². The Morgan fingerprint density at radius 2 is 2.29 bits per heavy atom. The Balaban J connectivity index is 2.71. The summed E-state index contributed by atoms with van der Waals surface area (Å²) >= 11 is 11.1. The van der Waals surface area contributed by atoms with Gasteiger partial charge in [-0.05, 0) is 18.5 Å². The molecule has 0 bridgehead atoms. The van der Waals surface area contributed by atoms with Gasteiger partial charge in [-0.2, -0.15) is 0 Å². The highest BCUT2D eigenvalue weighted by atomic mass is 35.5. The van der Waals surface area contributed by atoms with E-state index in [0.717, 1.165) is 0 Å². The molecule has 0 spiro atoms. The van der Waals surface area contributed by atoms with E-state index in [1.165, 1.54) is 6.07 Å². The zero-order valence-electron chi connectivity index (χ0n) is 7.25. The van der Waals surface area contributed by atoms with Crippen LogP contribution >= 0.6 is 23.2 Å². The Morgan fingerprint density at radius 1 is 1.57 bits per heavy atom. The highest BCUT2D eigenvalue weighted by Gasteiger charge is 2.05. The molecule has 0 aromatic carbocycles. The maximum absolute atomic E-state index is 11.0. The number of ether oxygens (including phenoxy) is 1. The van der Waals surface area contributed by atoms with Crippen LogP contribution in [0.1, 0.15) is 6.92 Å². The van der Waals surface area contributed by atoms with Gasteiger partial charge >= 0.3 is 6.09 Å². The van der Waals surface area contributed by atoms with Crippen LogP contribution < -0.4 is 5.32 Å². The molecule has 0 aliphatic rings. The zero-order chi connectivity index (χ0) is 10.6. The molecular weight excluding hydrogens is 229 g/mol. The first-order valence-corrected chi connectivity index (χ1v) is 4.51. The van der Waals surface area contributed by atoms with Gasteiger partial charge in [-0.1, -0.05) is 11.6 Å². The number of carbonyl (C=O) groups is 1. The van der Waals surface area contributed by atoms with Gasteiger partial charge in [0.25, 0.3) is 0 Å². The van der Waals surface area contributed by atoms with Crippen LogP contribution in [0.15, 0.2) is 6.07 Å². The summed E-state index contributed by atoms with van der Waals surface area (Å²) in [7, 11) is 0. The highest BCUT2D eigenvalue weighted by molar-refractivity contribution is 6.32. The molecule has 0 aliphatic carbocycles. The van der Waals surface area contributed by atoms with E-state index in [4.69, 9.17) is 23.2 Å². The molecule has 0 unspecified atom stereocenters. The summed E-state index contributed by atoms with van der Waals surface area (Å²) in [5.74, 6) is 0.202. The number of rotatable bonds is 2. The first-order chi connectivity index (χ1) is 6.61. The topological polar surface area (TPSA) is 64.1 Å². The van der Waals surface area contributed by atoms with Crippen LogP contribution in [-0.4, -0.2) is 22.7 Å². The Kier molecular flexibility index (Phi) is 3.91. The molecule has 0 saturated carbocycles. The van der Waals surface area contributed by atoms with Crippen molar-refractivity contribution in [3.63, 3.8) is 0 Å². The molecule has 0 aliphatic heterocycles. The first kappa shape index (κ1) is 11.0. The molecule has 14 heavy (non-hydrogen) atoms. The largest absolute Gasteiger partial charge is 0.450 e. The molecule has 1 aromatic heterocycles. The standard InChI is InChI=1S/C7H7Cl2N3O2/c1-2-14-7(13)12-5-3-4(8)10-6(9)11-5/h3H,2H2,1H3,(H,10,11,12,13). The molecule has 1 aromatic rings. The molecule has 0 saturated heterocycles. The van der Waals surface area contributed by atoms with Crippen LogP contribution in [0.25, 0.3) is 0 Å². The molecule has 7 heteroatoms. The predicted molar refractivity (Wildman–Crippen MR) is 52.7 cm³/mol. The quantitative estimate of drug-likeness (QED) is 0.632. The molecule has 5 nitrogen and oxygen atoms in total. The predicted octanol–water partition coefficient (Wildman–Crippen LogP) is 2.35. The van der Waals surface area contributed by atoms with E-state index in [2.05, 4.69) is 20.0 Å². The Bertz CT molecular complexity index is 325. The summed E-state index contributed by atoms with van der Waals surface area (Å²) in [4.78, 5) is 18.3. The molecular formula is C7H7Cl2N3O2. The summed E-state index contributed by atoms with van der Waals surface area (Å²) in [6, 6.07) is 1.37. The fourth-order valence-electron chi connectivity index (χ4n) is 0.726. The summed E-state index contributed by atoms with van der Waals surface area (Å²) in [5.41, 5.74) is 0. The molecule has 1 amide bonds. The van der Waals surface area contributed by atoms with Crippen molar-refractivity contribution < 1.29 is 9.53 Å². The van der Waals surface area contributed by atoms with Crippen molar-refractivity contribution in [2.45, 2.75) is 6.92 Å². The van der Waals surface area contributed by atoms with Gasteiger partial charge in [0, 0.05) is 6.07 Å². The van der Waals surface area contributed by atoms with E-state index in [1.807, 2.05) is 0 Å². The van der Waals surface area contributed by atoms with Crippen LogP contribution in [0.5, 0.6) is 0 Å². The van der Waals surface area contributed by atoms with Crippen LogP contribution in [0.2, 0.25) is 10.4 Å². The lowest BCUT2D eigenvalue weighted by atomic mass is 10.6. The number of anilines is 1. The third kappa shape index (κ3) is 3.35. The number of aromatic nitrogens is 2. The second kappa shape index (κ2) is 4.97. The van der Waals surface area contributed by atoms with Crippen molar-refractivity contribution in [2.75, 3.05) is 11.9 Å². The van der Waals surface area contributed by atoms with Crippen molar-refractivity contribution in [1.82, 2.24) is 9.97 Å². The van der Waals surface area contributed by atoms with Crippen molar-refractivity contribution in [2.24, 2.45) is 0 Å². The summed E-state index contributed by atoms with van der Waals surface area (Å²) in [5, 5.41) is 2.46. The lowest BCUT2D eigenvalue weighted by Gasteiger charge is -2.04. The van der Waals surface area contributed by atoms with E-state index < -0.39 is 6.09 Å². The van der Waals surface area contributed by atoms with Gasteiger partial charge in [-0.25, -0.2) is 14.8 Å². The summed E-state index contributed by atoms with van der Waals surface area (Å²) in [6.07, 6.45) is -0.613. The molecule has 1 heterocycles. The van der Waals surface area contributed by atoms with E-state index in [0.29, 0.717) is 0 Å². The van der Waals surface area contributed by atoms with Crippen LogP contribution in [0.3, 0.4) is 0 Å². The van der Waals surface area contributed by atoms with Gasteiger partial charge in [0.05, 0.1) is 6.61 Å². The number of hydrogen-bond acceptors (Lipinski definition) is 4. The minimum absolute atomic E-state index is 0.0377. The average Bonchev–Trinajstić information content (AvgIpc) is 2.01. The van der Waals surface area contributed by atoms with Crippen molar-refractivity contribution >= 4 is 35.1 Å². The van der Waals surface area contributed by atoms with E-state index in [-0.39, 0.29) is 22.9 Å². The van der Waals surface area contributed by atoms with Crippen LogP contribution in [0.4, 0.5) is 10.6 Å². The Morgan fingerprint density at radius 3 is 2.86 bits per heavy atom. The Labute approximate surface area is 90.4 Å². The van der Waals surface area contributed by atoms with Gasteiger partial charge < -0.3 is 4.74 Å². The van der Waals surface area contributed by atoms with E-state index in [9.17, 15) is 4.79 Å². The fourth-order valence-corrected chi connectivity index (χ4v) is 1.13. The molecule has 0 radical (unpaired) electrons. The van der Waals surface area contributed by atoms with Crippen LogP contribution in [-0.2, 0) is 4.74 Å². The van der Waals surface area contributed by atoms with E-state index >= 15 is 0 Å². The number of hydrogen-bond donors (Lipinski definition) is 1. The monoisotopic (exact) mass is 235 g/mol. The highest BCUT2D eigenvalue weighted by Crippen LogP contribution is 2.14. The Hall–Kier alpha value is -1.07. The normalized spacial score (nSPS) is 9.64. The first-order valence-electron chi connectivity index (χ1n) is 3.75. The second-order valence-corrected chi connectivity index (χ2v) is 2.92. The maximum atomic E-state index is 11.0. The van der Waals surface area contributed by atoms with Gasteiger partial charge in [0.1, 0.15) is 11.0 Å². The molecule has 1 rings (SSSR count). The third-order valence-electron chi connectivity index (χ3n) is 1.17. The number of nitrogens with one attached hydrogen (secondary N) is 1. The number of nitrogens with zero attached hydrogens (tertiary/aromatic N) is 2. The van der Waals surface area contributed by atoms with Gasteiger partial charge in [0.2, 0.25) is 5.28 Å². The number of halogens is 2. The van der Waals surface area contributed by atoms with E-state index in [1.54, 1.807) is 6.92 Å². The van der Waals surface area contributed by atoms with Gasteiger partial charge in [-0.15, -0.1) is 0 Å².